The third-order valence-electron chi connectivity index (χ3n) is 3.58. The van der Waals surface area contributed by atoms with Gasteiger partial charge in [-0.25, -0.2) is 5.48 Å². The van der Waals surface area contributed by atoms with Gasteiger partial charge >= 0.3 is 0 Å². The number of hydrogen-bond donors (Lipinski definition) is 5. The summed E-state index contributed by atoms with van der Waals surface area (Å²) in [6.07, 6.45) is -1.19. The van der Waals surface area contributed by atoms with Crippen molar-refractivity contribution in [2.45, 2.75) is 25.7 Å². The molecular weight excluding hydrogens is 364 g/mol. The molecule has 1 aromatic carbocycles. The molecule has 8 nitrogen and oxygen atoms in total. The number of amides is 2. The first-order chi connectivity index (χ1) is 13.4. The van der Waals surface area contributed by atoms with Gasteiger partial charge in [0.15, 0.2) is 5.76 Å². The van der Waals surface area contributed by atoms with Crippen LogP contribution in [0.5, 0.6) is 0 Å². The SMILES string of the molecule is C[C@@H](O)[C@H](NC(=O)c1ccc(C#CC#Cc2ccc(CO)o2)cc1)C(=O)NO. The van der Waals surface area contributed by atoms with Crippen LogP contribution in [0.1, 0.15) is 34.4 Å². The molecular formula is C20H18N2O6. The number of aliphatic hydroxyl groups is 2. The first-order valence-corrected chi connectivity index (χ1v) is 8.19. The van der Waals surface area contributed by atoms with E-state index in [0.29, 0.717) is 17.1 Å². The van der Waals surface area contributed by atoms with Crippen molar-refractivity contribution < 1.29 is 29.4 Å². The average Bonchev–Trinajstić information content (AvgIpc) is 3.17. The zero-order valence-corrected chi connectivity index (χ0v) is 14.9. The molecule has 5 N–H and O–H groups in total. The summed E-state index contributed by atoms with van der Waals surface area (Å²) in [4.78, 5) is 23.6. The summed E-state index contributed by atoms with van der Waals surface area (Å²) >= 11 is 0. The number of carbonyl (C=O) groups is 2. The van der Waals surface area contributed by atoms with E-state index in [4.69, 9.17) is 14.7 Å². The second kappa shape index (κ2) is 9.95. The van der Waals surface area contributed by atoms with Gasteiger partial charge in [-0.2, -0.15) is 0 Å². The molecule has 2 aromatic rings. The molecule has 0 spiro atoms. The fourth-order valence-corrected chi connectivity index (χ4v) is 2.13. The number of rotatable bonds is 5. The van der Waals surface area contributed by atoms with Gasteiger partial charge in [-0.15, -0.1) is 0 Å². The van der Waals surface area contributed by atoms with Crippen molar-refractivity contribution in [3.63, 3.8) is 0 Å². The van der Waals surface area contributed by atoms with E-state index in [1.165, 1.54) is 24.5 Å². The van der Waals surface area contributed by atoms with E-state index in [9.17, 15) is 14.7 Å². The van der Waals surface area contributed by atoms with Gasteiger partial charge in [0.05, 0.1) is 6.10 Å². The van der Waals surface area contributed by atoms with Crippen LogP contribution in [0.15, 0.2) is 40.8 Å². The Kier molecular flexibility index (Phi) is 7.37. The third kappa shape index (κ3) is 5.73. The minimum absolute atomic E-state index is 0.198. The zero-order valence-electron chi connectivity index (χ0n) is 14.9. The van der Waals surface area contributed by atoms with Crippen molar-refractivity contribution in [2.24, 2.45) is 0 Å². The van der Waals surface area contributed by atoms with E-state index in [0.717, 1.165) is 0 Å². The molecule has 0 aliphatic rings. The molecule has 0 saturated carbocycles. The highest BCUT2D eigenvalue weighted by atomic mass is 16.5. The highest BCUT2D eigenvalue weighted by Crippen LogP contribution is 2.06. The van der Waals surface area contributed by atoms with Crippen LogP contribution in [-0.2, 0) is 11.4 Å². The van der Waals surface area contributed by atoms with E-state index < -0.39 is 24.0 Å². The largest absolute Gasteiger partial charge is 0.450 e. The number of benzene rings is 1. The second-order valence-electron chi connectivity index (χ2n) is 5.67. The molecule has 0 aliphatic heterocycles. The fourth-order valence-electron chi connectivity index (χ4n) is 2.13. The Balaban J connectivity index is 2.01. The van der Waals surface area contributed by atoms with Gasteiger partial charge in [0.2, 0.25) is 0 Å². The smallest absolute Gasteiger partial charge is 0.268 e. The van der Waals surface area contributed by atoms with Crippen LogP contribution in [-0.4, -0.2) is 39.4 Å². The van der Waals surface area contributed by atoms with Crippen molar-refractivity contribution in [3.05, 3.63) is 59.0 Å². The Labute approximate surface area is 161 Å². The molecule has 1 aromatic heterocycles. The van der Waals surface area contributed by atoms with Crippen molar-refractivity contribution in [3.8, 4) is 23.7 Å². The minimum atomic E-state index is -1.29. The summed E-state index contributed by atoms with van der Waals surface area (Å²) in [6, 6.07) is 8.16. The highest BCUT2D eigenvalue weighted by molar-refractivity contribution is 5.97. The molecule has 28 heavy (non-hydrogen) atoms. The molecule has 0 saturated heterocycles. The lowest BCUT2D eigenvalue weighted by molar-refractivity contribution is -0.133. The predicted octanol–water partition coefficient (Wildman–Crippen LogP) is 0.160. The number of aliphatic hydroxyl groups excluding tert-OH is 2. The highest BCUT2D eigenvalue weighted by Gasteiger charge is 2.25. The summed E-state index contributed by atoms with van der Waals surface area (Å²) in [7, 11) is 0. The lowest BCUT2D eigenvalue weighted by Crippen LogP contribution is -2.51. The Morgan fingerprint density at radius 1 is 1.11 bits per heavy atom. The third-order valence-corrected chi connectivity index (χ3v) is 3.58. The van der Waals surface area contributed by atoms with Gasteiger partial charge in [0.25, 0.3) is 11.8 Å². The summed E-state index contributed by atoms with van der Waals surface area (Å²) in [6.45, 7) is 1.11. The molecule has 0 radical (unpaired) electrons. The average molecular weight is 382 g/mol. The van der Waals surface area contributed by atoms with E-state index >= 15 is 0 Å². The van der Waals surface area contributed by atoms with Crippen LogP contribution < -0.4 is 10.8 Å². The summed E-state index contributed by atoms with van der Waals surface area (Å²) in [5.74, 6) is 10.1. The summed E-state index contributed by atoms with van der Waals surface area (Å²) in [5, 5.41) is 29.4. The van der Waals surface area contributed by atoms with Gasteiger partial charge in [-0.1, -0.05) is 5.92 Å². The number of carbonyl (C=O) groups excluding carboxylic acids is 2. The monoisotopic (exact) mass is 382 g/mol. The molecule has 0 bridgehead atoms. The lowest BCUT2D eigenvalue weighted by Gasteiger charge is -2.19. The van der Waals surface area contributed by atoms with Gasteiger partial charge in [-0.3, -0.25) is 14.8 Å². The van der Waals surface area contributed by atoms with Crippen LogP contribution in [0.4, 0.5) is 0 Å². The van der Waals surface area contributed by atoms with Gasteiger partial charge in [0.1, 0.15) is 18.4 Å². The minimum Gasteiger partial charge on any atom is -0.450 e. The molecule has 144 valence electrons. The van der Waals surface area contributed by atoms with E-state index in [1.807, 2.05) is 0 Å². The molecule has 2 rings (SSSR count). The molecule has 2 amide bonds. The molecule has 2 atom stereocenters. The number of nitrogens with one attached hydrogen (secondary N) is 2. The van der Waals surface area contributed by atoms with Crippen LogP contribution >= 0.6 is 0 Å². The maximum Gasteiger partial charge on any atom is 0.268 e. The maximum absolute atomic E-state index is 12.2. The first kappa shape index (κ1) is 20.7. The Morgan fingerprint density at radius 3 is 2.36 bits per heavy atom. The quantitative estimate of drug-likeness (QED) is 0.284. The Morgan fingerprint density at radius 2 is 1.79 bits per heavy atom. The fraction of sp³-hybridized carbons (Fsp3) is 0.200. The van der Waals surface area contributed by atoms with Crippen molar-refractivity contribution in [1.82, 2.24) is 10.8 Å². The van der Waals surface area contributed by atoms with Crippen molar-refractivity contribution in [1.29, 1.82) is 0 Å². The number of hydrogen-bond acceptors (Lipinski definition) is 6. The number of hydroxylamine groups is 1. The van der Waals surface area contributed by atoms with Crippen molar-refractivity contribution in [2.75, 3.05) is 0 Å². The molecule has 8 heteroatoms. The Hall–Kier alpha value is -3.56. The molecule has 0 unspecified atom stereocenters. The molecule has 1 heterocycles. The standard InChI is InChI=1S/C20H18N2O6/c1-13(24)18(20(26)22-27)21-19(25)15-8-6-14(7-9-15)4-2-3-5-16-10-11-17(12-23)28-16/h6-11,13,18,23-24,27H,12H2,1H3,(H,21,25)(H,22,26)/t13-,18+/m1/s1. The Bertz CT molecular complexity index is 954. The van der Waals surface area contributed by atoms with E-state index in [1.54, 1.807) is 24.3 Å². The summed E-state index contributed by atoms with van der Waals surface area (Å²) in [5.41, 5.74) is 2.26. The topological polar surface area (TPSA) is 132 Å². The predicted molar refractivity (Wildman–Crippen MR) is 97.7 cm³/mol. The van der Waals surface area contributed by atoms with E-state index in [-0.39, 0.29) is 12.2 Å². The van der Waals surface area contributed by atoms with Crippen LogP contribution in [0.25, 0.3) is 0 Å². The lowest BCUT2D eigenvalue weighted by atomic mass is 10.1. The van der Waals surface area contributed by atoms with Gasteiger partial charge in [-0.05, 0) is 61.1 Å². The molecule has 0 fully saturated rings. The molecule has 0 aliphatic carbocycles. The van der Waals surface area contributed by atoms with Crippen LogP contribution in [0.2, 0.25) is 0 Å². The second-order valence-corrected chi connectivity index (χ2v) is 5.67. The van der Waals surface area contributed by atoms with Crippen molar-refractivity contribution >= 4 is 11.8 Å². The van der Waals surface area contributed by atoms with E-state index in [2.05, 4.69) is 29.0 Å². The maximum atomic E-state index is 12.2. The normalized spacial score (nSPS) is 11.9. The first-order valence-electron chi connectivity index (χ1n) is 8.19. The zero-order chi connectivity index (χ0) is 20.5. The number of furan rings is 1. The van der Waals surface area contributed by atoms with Gasteiger partial charge in [0, 0.05) is 11.1 Å². The van der Waals surface area contributed by atoms with Gasteiger partial charge < -0.3 is 19.9 Å². The van der Waals surface area contributed by atoms with Crippen LogP contribution in [0.3, 0.4) is 0 Å². The summed E-state index contributed by atoms with van der Waals surface area (Å²) < 4.78 is 5.20. The van der Waals surface area contributed by atoms with Crippen LogP contribution in [0, 0.1) is 23.7 Å².